The van der Waals surface area contributed by atoms with E-state index in [4.69, 9.17) is 14.6 Å². The smallest absolute Gasteiger partial charge is 0.317 e. The lowest BCUT2D eigenvalue weighted by molar-refractivity contribution is -0.137. The van der Waals surface area contributed by atoms with Gasteiger partial charge in [-0.15, -0.1) is 0 Å². The topological polar surface area (TPSA) is 88.1 Å². The van der Waals surface area contributed by atoms with E-state index in [2.05, 4.69) is 5.32 Å². The van der Waals surface area contributed by atoms with Crippen LogP contribution in [0.3, 0.4) is 0 Å². The molecule has 110 valence electrons. The first-order valence-electron chi connectivity index (χ1n) is 6.30. The molecule has 0 radical (unpaired) electrons. The zero-order valence-corrected chi connectivity index (χ0v) is 11.6. The van der Waals surface area contributed by atoms with E-state index < -0.39 is 5.97 Å². The fourth-order valence-corrected chi connectivity index (χ4v) is 2.08. The normalized spacial score (nSPS) is 24.3. The molecule has 1 fully saturated rings. The second-order valence-corrected chi connectivity index (χ2v) is 4.74. The number of rotatable bonds is 6. The summed E-state index contributed by atoms with van der Waals surface area (Å²) in [6, 6.07) is -0.384. The Morgan fingerprint density at radius 2 is 1.84 bits per heavy atom. The van der Waals surface area contributed by atoms with Crippen molar-refractivity contribution < 1.29 is 24.2 Å². The van der Waals surface area contributed by atoms with Gasteiger partial charge in [-0.05, 0) is 13.3 Å². The highest BCUT2D eigenvalue weighted by molar-refractivity contribution is 5.75. The van der Waals surface area contributed by atoms with Gasteiger partial charge in [-0.2, -0.15) is 0 Å². The second-order valence-electron chi connectivity index (χ2n) is 4.74. The average molecular weight is 274 g/mol. The lowest BCUT2D eigenvalue weighted by Gasteiger charge is -2.20. The van der Waals surface area contributed by atoms with E-state index >= 15 is 0 Å². The van der Waals surface area contributed by atoms with Crippen LogP contribution in [0, 0.1) is 0 Å². The quantitative estimate of drug-likeness (QED) is 0.727. The fourth-order valence-electron chi connectivity index (χ4n) is 2.08. The van der Waals surface area contributed by atoms with Crippen molar-refractivity contribution in [3.63, 3.8) is 0 Å². The van der Waals surface area contributed by atoms with Crippen LogP contribution in [0.15, 0.2) is 0 Å². The number of likely N-dealkylation sites (tertiary alicyclic amines) is 1. The Balaban J connectivity index is 2.40. The molecule has 0 bridgehead atoms. The molecule has 1 saturated heterocycles. The van der Waals surface area contributed by atoms with E-state index in [0.29, 0.717) is 19.5 Å². The number of urea groups is 1. The summed E-state index contributed by atoms with van der Waals surface area (Å²) in [6.07, 6.45) is 0.217. The number of ether oxygens (including phenoxy) is 2. The maximum Gasteiger partial charge on any atom is 0.317 e. The third-order valence-electron chi connectivity index (χ3n) is 3.27. The molecule has 2 N–H and O–H groups in total. The summed E-state index contributed by atoms with van der Waals surface area (Å²) >= 11 is 0. The van der Waals surface area contributed by atoms with Crippen molar-refractivity contribution in [3.8, 4) is 0 Å². The summed E-state index contributed by atoms with van der Waals surface area (Å²) < 4.78 is 10.5. The van der Waals surface area contributed by atoms with Crippen molar-refractivity contribution in [2.75, 3.05) is 27.3 Å². The number of amides is 2. The molecule has 1 heterocycles. The second kappa shape index (κ2) is 7.30. The Kier molecular flexibility index (Phi) is 6.04. The molecule has 1 rings (SSSR count). The van der Waals surface area contributed by atoms with Crippen molar-refractivity contribution in [1.82, 2.24) is 10.2 Å². The van der Waals surface area contributed by atoms with E-state index in [0.717, 1.165) is 0 Å². The molecule has 0 aromatic heterocycles. The summed E-state index contributed by atoms with van der Waals surface area (Å²) in [7, 11) is 3.18. The fraction of sp³-hybridized carbons (Fsp3) is 0.833. The molecular formula is C12H22N2O5. The summed E-state index contributed by atoms with van der Waals surface area (Å²) in [4.78, 5) is 24.1. The van der Waals surface area contributed by atoms with Crippen molar-refractivity contribution in [2.45, 2.75) is 38.0 Å². The molecule has 3 unspecified atom stereocenters. The van der Waals surface area contributed by atoms with E-state index in [1.807, 2.05) is 0 Å². The maximum absolute atomic E-state index is 12.0. The summed E-state index contributed by atoms with van der Waals surface area (Å²) in [5.41, 5.74) is 0. The van der Waals surface area contributed by atoms with E-state index in [1.54, 1.807) is 26.0 Å². The van der Waals surface area contributed by atoms with Gasteiger partial charge >= 0.3 is 12.0 Å². The van der Waals surface area contributed by atoms with Gasteiger partial charge in [0.25, 0.3) is 0 Å². The van der Waals surface area contributed by atoms with Crippen LogP contribution in [-0.2, 0) is 14.3 Å². The molecule has 0 aromatic rings. The molecule has 19 heavy (non-hydrogen) atoms. The van der Waals surface area contributed by atoms with E-state index in [1.165, 1.54) is 0 Å². The predicted molar refractivity (Wildman–Crippen MR) is 68.0 cm³/mol. The molecule has 7 heteroatoms. The van der Waals surface area contributed by atoms with Crippen LogP contribution in [0.4, 0.5) is 4.79 Å². The first-order valence-corrected chi connectivity index (χ1v) is 6.30. The molecule has 0 saturated carbocycles. The maximum atomic E-state index is 12.0. The molecule has 0 aliphatic carbocycles. The Morgan fingerprint density at radius 3 is 2.26 bits per heavy atom. The van der Waals surface area contributed by atoms with Crippen LogP contribution in [0.5, 0.6) is 0 Å². The molecule has 7 nitrogen and oxygen atoms in total. The van der Waals surface area contributed by atoms with Crippen molar-refractivity contribution in [3.05, 3.63) is 0 Å². The molecule has 1 aliphatic rings. The van der Waals surface area contributed by atoms with Gasteiger partial charge in [0, 0.05) is 26.7 Å². The number of carbonyl (C=O) groups is 2. The molecule has 1 aliphatic heterocycles. The number of aliphatic carboxylic acids is 1. The van der Waals surface area contributed by atoms with E-state index in [-0.39, 0.29) is 30.7 Å². The zero-order valence-electron chi connectivity index (χ0n) is 11.6. The number of carboxylic acid groups (broad SMARTS) is 1. The number of carbonyl (C=O) groups excluding carboxylic acids is 1. The number of hydrogen-bond acceptors (Lipinski definition) is 4. The molecule has 0 spiro atoms. The number of hydrogen-bond donors (Lipinski definition) is 2. The third kappa shape index (κ3) is 4.68. The standard InChI is InChI=1S/C12H22N2O5/c1-8(4-5-11(15)16)13-12(17)14-6-9(18-2)10(7-14)19-3/h8-10H,4-7H2,1-3H3,(H,13,17)(H,15,16). The van der Waals surface area contributed by atoms with Crippen LogP contribution in [0.25, 0.3) is 0 Å². The third-order valence-corrected chi connectivity index (χ3v) is 3.27. The van der Waals surface area contributed by atoms with Crippen molar-refractivity contribution in [2.24, 2.45) is 0 Å². The lowest BCUT2D eigenvalue weighted by atomic mass is 10.2. The van der Waals surface area contributed by atoms with Gasteiger partial charge in [-0.3, -0.25) is 4.79 Å². The summed E-state index contributed by atoms with van der Waals surface area (Å²) in [6.45, 7) is 2.75. The van der Waals surface area contributed by atoms with Gasteiger partial charge in [0.2, 0.25) is 0 Å². The van der Waals surface area contributed by atoms with Crippen LogP contribution in [0.1, 0.15) is 19.8 Å². The first-order chi connectivity index (χ1) is 8.97. The largest absolute Gasteiger partial charge is 0.481 e. The Bertz CT molecular complexity index is 311. The Morgan fingerprint density at radius 1 is 1.32 bits per heavy atom. The van der Waals surface area contributed by atoms with Gasteiger partial charge in [0.05, 0.1) is 13.1 Å². The minimum Gasteiger partial charge on any atom is -0.481 e. The predicted octanol–water partition coefficient (Wildman–Crippen LogP) is 0.295. The minimum atomic E-state index is -0.860. The highest BCUT2D eigenvalue weighted by Crippen LogP contribution is 2.15. The molecule has 2 amide bonds. The Hall–Kier alpha value is -1.34. The minimum absolute atomic E-state index is 0.0445. The van der Waals surface area contributed by atoms with Crippen LogP contribution >= 0.6 is 0 Å². The number of carboxylic acids is 1. The van der Waals surface area contributed by atoms with Crippen molar-refractivity contribution >= 4 is 12.0 Å². The summed E-state index contributed by atoms with van der Waals surface area (Å²) in [5.74, 6) is -0.860. The zero-order chi connectivity index (χ0) is 14.4. The van der Waals surface area contributed by atoms with Crippen LogP contribution < -0.4 is 5.32 Å². The molecule has 0 aromatic carbocycles. The monoisotopic (exact) mass is 274 g/mol. The van der Waals surface area contributed by atoms with Crippen molar-refractivity contribution in [1.29, 1.82) is 0 Å². The van der Waals surface area contributed by atoms with Crippen LogP contribution in [0.2, 0.25) is 0 Å². The summed E-state index contributed by atoms with van der Waals surface area (Å²) in [5, 5.41) is 11.4. The number of nitrogens with one attached hydrogen (secondary N) is 1. The lowest BCUT2D eigenvalue weighted by Crippen LogP contribution is -2.43. The number of methoxy groups -OCH3 is 2. The SMILES string of the molecule is COC1CN(C(=O)NC(C)CCC(=O)O)CC1OC. The highest BCUT2D eigenvalue weighted by atomic mass is 16.5. The van der Waals surface area contributed by atoms with E-state index in [9.17, 15) is 9.59 Å². The number of nitrogens with zero attached hydrogens (tertiary/aromatic N) is 1. The molecular weight excluding hydrogens is 252 g/mol. The van der Waals surface area contributed by atoms with Crippen LogP contribution in [-0.4, -0.2) is 67.6 Å². The van der Waals surface area contributed by atoms with Gasteiger partial charge in [-0.1, -0.05) is 0 Å². The van der Waals surface area contributed by atoms with Gasteiger partial charge in [-0.25, -0.2) is 4.79 Å². The van der Waals surface area contributed by atoms with Gasteiger partial charge in [0.1, 0.15) is 12.2 Å². The first kappa shape index (κ1) is 15.7. The Labute approximate surface area is 112 Å². The van der Waals surface area contributed by atoms with Gasteiger partial charge in [0.15, 0.2) is 0 Å². The average Bonchev–Trinajstić information content (AvgIpc) is 2.79. The van der Waals surface area contributed by atoms with Gasteiger partial charge < -0.3 is 24.8 Å². The molecule has 3 atom stereocenters. The highest BCUT2D eigenvalue weighted by Gasteiger charge is 2.35.